The highest BCUT2D eigenvalue weighted by atomic mass is 32.2. The third kappa shape index (κ3) is 4.96. The fourth-order valence-electron chi connectivity index (χ4n) is 4.39. The van der Waals surface area contributed by atoms with Crippen molar-refractivity contribution in [3.05, 3.63) is 83.2 Å². The summed E-state index contributed by atoms with van der Waals surface area (Å²) in [5.41, 5.74) is 3.74. The number of Topliss-reactive ketones (excluding diaryl/α,β-unsaturated/α-hetero) is 1. The van der Waals surface area contributed by atoms with E-state index in [1.807, 2.05) is 59.7 Å². The standard InChI is InChI=1S/C25H28N4O4S/c1-18-16-23(19(2)29(18)21-8-10-22(11-9-21)34(26,32)33)24(30)17-27-12-14-28(15-13-27)25(31)20-6-4-3-5-7-20/h3-11,16H,12-15,17H2,1-2H3,(H2,26,32,33). The van der Waals surface area contributed by atoms with Gasteiger partial charge in [-0.25, -0.2) is 13.6 Å². The van der Waals surface area contributed by atoms with Gasteiger partial charge in [0.25, 0.3) is 5.91 Å². The fraction of sp³-hybridized carbons (Fsp3) is 0.280. The summed E-state index contributed by atoms with van der Waals surface area (Å²) in [6.45, 7) is 6.50. The summed E-state index contributed by atoms with van der Waals surface area (Å²) in [6.07, 6.45) is 0. The van der Waals surface area contributed by atoms with Crippen LogP contribution in [0.3, 0.4) is 0 Å². The molecule has 0 unspecified atom stereocenters. The molecule has 3 aromatic rings. The first-order valence-electron chi connectivity index (χ1n) is 11.1. The number of aromatic nitrogens is 1. The number of primary sulfonamides is 1. The fourth-order valence-corrected chi connectivity index (χ4v) is 4.90. The molecule has 0 radical (unpaired) electrons. The number of hydrogen-bond acceptors (Lipinski definition) is 5. The van der Waals surface area contributed by atoms with Crippen LogP contribution < -0.4 is 5.14 Å². The summed E-state index contributed by atoms with van der Waals surface area (Å²) in [5, 5.41) is 5.19. The summed E-state index contributed by atoms with van der Waals surface area (Å²) in [7, 11) is -3.77. The van der Waals surface area contributed by atoms with Crippen molar-refractivity contribution in [2.45, 2.75) is 18.7 Å². The number of hydrogen-bond donors (Lipinski definition) is 1. The van der Waals surface area contributed by atoms with Crippen molar-refractivity contribution in [1.82, 2.24) is 14.4 Å². The minimum absolute atomic E-state index is 0.0170. The number of carbonyl (C=O) groups is 2. The molecule has 9 heteroatoms. The van der Waals surface area contributed by atoms with Crippen molar-refractivity contribution in [3.63, 3.8) is 0 Å². The molecular formula is C25H28N4O4S. The molecule has 8 nitrogen and oxygen atoms in total. The van der Waals surface area contributed by atoms with Crippen LogP contribution in [-0.2, 0) is 10.0 Å². The van der Waals surface area contributed by atoms with Crippen LogP contribution in [0.2, 0.25) is 0 Å². The Morgan fingerprint density at radius 1 is 0.912 bits per heavy atom. The summed E-state index contributed by atoms with van der Waals surface area (Å²) < 4.78 is 25.0. The van der Waals surface area contributed by atoms with E-state index in [9.17, 15) is 18.0 Å². The first-order chi connectivity index (χ1) is 16.1. The van der Waals surface area contributed by atoms with Gasteiger partial charge in [-0.05, 0) is 56.3 Å². The van der Waals surface area contributed by atoms with Crippen LogP contribution in [0.4, 0.5) is 0 Å². The second kappa shape index (κ2) is 9.54. The SMILES string of the molecule is Cc1cc(C(=O)CN2CCN(C(=O)c3ccccc3)CC2)c(C)n1-c1ccc(S(N)(=O)=O)cc1. The van der Waals surface area contributed by atoms with E-state index < -0.39 is 10.0 Å². The van der Waals surface area contributed by atoms with Crippen molar-refractivity contribution in [1.29, 1.82) is 0 Å². The first-order valence-corrected chi connectivity index (χ1v) is 12.6. The zero-order valence-corrected chi connectivity index (χ0v) is 20.1. The molecule has 0 spiro atoms. The number of ketones is 1. The molecule has 34 heavy (non-hydrogen) atoms. The van der Waals surface area contributed by atoms with E-state index in [0.717, 1.165) is 17.1 Å². The van der Waals surface area contributed by atoms with E-state index in [4.69, 9.17) is 5.14 Å². The molecule has 4 rings (SSSR count). The lowest BCUT2D eigenvalue weighted by Gasteiger charge is -2.34. The molecule has 2 heterocycles. The van der Waals surface area contributed by atoms with Crippen LogP contribution in [0.1, 0.15) is 32.1 Å². The van der Waals surface area contributed by atoms with Crippen molar-refractivity contribution >= 4 is 21.7 Å². The summed E-state index contributed by atoms with van der Waals surface area (Å²) in [6, 6.07) is 17.4. The van der Waals surface area contributed by atoms with Gasteiger partial charge in [0.2, 0.25) is 10.0 Å². The van der Waals surface area contributed by atoms with E-state index in [-0.39, 0.29) is 23.1 Å². The lowest BCUT2D eigenvalue weighted by Crippen LogP contribution is -2.49. The van der Waals surface area contributed by atoms with Crippen molar-refractivity contribution < 1.29 is 18.0 Å². The molecule has 1 aliphatic heterocycles. The van der Waals surface area contributed by atoms with Gasteiger partial charge in [-0.3, -0.25) is 14.5 Å². The van der Waals surface area contributed by atoms with Gasteiger partial charge >= 0.3 is 0 Å². The molecule has 0 aliphatic carbocycles. The molecule has 1 aromatic heterocycles. The Morgan fingerprint density at radius 3 is 2.12 bits per heavy atom. The van der Waals surface area contributed by atoms with Crippen LogP contribution in [-0.4, -0.2) is 67.2 Å². The van der Waals surface area contributed by atoms with E-state index >= 15 is 0 Å². The first kappa shape index (κ1) is 23.9. The Kier molecular flexibility index (Phi) is 6.70. The van der Waals surface area contributed by atoms with Crippen LogP contribution in [0.25, 0.3) is 5.69 Å². The van der Waals surface area contributed by atoms with E-state index in [2.05, 4.69) is 4.90 Å². The zero-order chi connectivity index (χ0) is 24.5. The molecule has 1 saturated heterocycles. The van der Waals surface area contributed by atoms with Gasteiger partial charge in [0.05, 0.1) is 11.4 Å². The summed E-state index contributed by atoms with van der Waals surface area (Å²) in [5.74, 6) is 0.0342. The predicted molar refractivity (Wildman–Crippen MR) is 130 cm³/mol. The second-order valence-electron chi connectivity index (χ2n) is 8.52. The van der Waals surface area contributed by atoms with Gasteiger partial charge in [0, 0.05) is 54.4 Å². The number of amides is 1. The average molecular weight is 481 g/mol. The minimum atomic E-state index is -3.77. The monoisotopic (exact) mass is 480 g/mol. The Hall–Kier alpha value is -3.27. The van der Waals surface area contributed by atoms with Crippen molar-refractivity contribution in [2.75, 3.05) is 32.7 Å². The lowest BCUT2D eigenvalue weighted by molar-refractivity contribution is 0.0624. The van der Waals surface area contributed by atoms with Crippen LogP contribution in [0, 0.1) is 13.8 Å². The molecule has 2 aromatic carbocycles. The third-order valence-electron chi connectivity index (χ3n) is 6.20. The number of aryl methyl sites for hydroxylation is 1. The molecule has 2 N–H and O–H groups in total. The van der Waals surface area contributed by atoms with E-state index in [0.29, 0.717) is 37.3 Å². The Morgan fingerprint density at radius 2 is 1.53 bits per heavy atom. The third-order valence-corrected chi connectivity index (χ3v) is 7.13. The topological polar surface area (TPSA) is 106 Å². The lowest BCUT2D eigenvalue weighted by atomic mass is 10.1. The average Bonchev–Trinajstić information content (AvgIpc) is 3.13. The number of sulfonamides is 1. The quantitative estimate of drug-likeness (QED) is 0.546. The highest BCUT2D eigenvalue weighted by Gasteiger charge is 2.25. The van der Waals surface area contributed by atoms with Gasteiger partial charge in [0.15, 0.2) is 5.78 Å². The molecule has 0 saturated carbocycles. The maximum atomic E-state index is 13.1. The van der Waals surface area contributed by atoms with Crippen molar-refractivity contribution in [2.24, 2.45) is 5.14 Å². The second-order valence-corrected chi connectivity index (χ2v) is 10.1. The van der Waals surface area contributed by atoms with Gasteiger partial charge in [-0.15, -0.1) is 0 Å². The highest BCUT2D eigenvalue weighted by molar-refractivity contribution is 7.89. The van der Waals surface area contributed by atoms with Crippen LogP contribution >= 0.6 is 0 Å². The van der Waals surface area contributed by atoms with Crippen LogP contribution in [0.15, 0.2) is 65.6 Å². The largest absolute Gasteiger partial charge is 0.336 e. The number of nitrogens with zero attached hydrogens (tertiary/aromatic N) is 3. The Bertz CT molecular complexity index is 1310. The Balaban J connectivity index is 1.42. The van der Waals surface area contributed by atoms with Crippen LogP contribution in [0.5, 0.6) is 0 Å². The molecule has 178 valence electrons. The van der Waals surface area contributed by atoms with Gasteiger partial charge in [0.1, 0.15) is 0 Å². The normalized spacial score (nSPS) is 14.9. The number of piperazine rings is 1. The van der Waals surface area contributed by atoms with Gasteiger partial charge in [-0.1, -0.05) is 18.2 Å². The number of benzene rings is 2. The van der Waals surface area contributed by atoms with E-state index in [1.54, 1.807) is 12.1 Å². The number of rotatable bonds is 6. The zero-order valence-electron chi connectivity index (χ0n) is 19.3. The molecule has 1 amide bonds. The number of carbonyl (C=O) groups excluding carboxylic acids is 2. The van der Waals surface area contributed by atoms with Gasteiger partial charge in [-0.2, -0.15) is 0 Å². The van der Waals surface area contributed by atoms with E-state index in [1.165, 1.54) is 12.1 Å². The van der Waals surface area contributed by atoms with Crippen molar-refractivity contribution in [3.8, 4) is 5.69 Å². The molecule has 1 aliphatic rings. The smallest absolute Gasteiger partial charge is 0.253 e. The summed E-state index contributed by atoms with van der Waals surface area (Å²) in [4.78, 5) is 29.7. The summed E-state index contributed by atoms with van der Waals surface area (Å²) >= 11 is 0. The predicted octanol–water partition coefficient (Wildman–Crippen LogP) is 2.38. The molecule has 0 bridgehead atoms. The number of nitrogens with two attached hydrogens (primary N) is 1. The maximum absolute atomic E-state index is 13.1. The highest BCUT2D eigenvalue weighted by Crippen LogP contribution is 2.23. The van der Waals surface area contributed by atoms with Gasteiger partial charge < -0.3 is 9.47 Å². The maximum Gasteiger partial charge on any atom is 0.253 e. The molecule has 1 fully saturated rings. The minimum Gasteiger partial charge on any atom is -0.336 e. The Labute approximate surface area is 199 Å². The molecule has 0 atom stereocenters. The molecular weight excluding hydrogens is 452 g/mol.